The minimum atomic E-state index is -0.469. The van der Waals surface area contributed by atoms with Gasteiger partial charge in [-0.25, -0.2) is 0 Å². The van der Waals surface area contributed by atoms with Gasteiger partial charge in [0.25, 0.3) is 0 Å². The lowest BCUT2D eigenvalue weighted by atomic mass is 9.68. The summed E-state index contributed by atoms with van der Waals surface area (Å²) in [6.07, 6.45) is 1.34. The van der Waals surface area contributed by atoms with Gasteiger partial charge in [-0.15, -0.1) is 0 Å². The molecule has 5 heteroatoms. The van der Waals surface area contributed by atoms with E-state index in [1.807, 2.05) is 66.7 Å². The summed E-state index contributed by atoms with van der Waals surface area (Å²) in [5.74, 6) is -0.368. The Hall–Kier alpha value is -4.25. The fourth-order valence-corrected chi connectivity index (χ4v) is 5.78. The summed E-state index contributed by atoms with van der Waals surface area (Å²) in [7, 11) is 0. The number of rotatable bonds is 4. The minimum Gasteiger partial charge on any atom is -0.426 e. The van der Waals surface area contributed by atoms with Crippen LogP contribution in [0, 0.1) is 5.41 Å². The van der Waals surface area contributed by atoms with E-state index in [1.54, 1.807) is 12.1 Å². The molecule has 3 aromatic carbocycles. The second-order valence-corrected chi connectivity index (χ2v) is 10.8. The fraction of sp³-hybridized carbons (Fsp3) is 0.219. The molecule has 0 aromatic heterocycles. The maximum atomic E-state index is 13.6. The number of dihydropyridines is 1. The molecular formula is C32H27NO4. The number of hydrogen-bond donors (Lipinski definition) is 1. The van der Waals surface area contributed by atoms with Crippen molar-refractivity contribution in [3.8, 4) is 5.75 Å². The Labute approximate surface area is 215 Å². The number of Topliss-reactive ketones (excluding diaryl/α,β-unsaturated/α-hetero) is 2. The molecule has 0 fully saturated rings. The average Bonchev–Trinajstić information content (AvgIpc) is 3.15. The molecule has 1 aliphatic heterocycles. The van der Waals surface area contributed by atoms with E-state index in [4.69, 9.17) is 4.74 Å². The Morgan fingerprint density at radius 1 is 0.865 bits per heavy atom. The van der Waals surface area contributed by atoms with Crippen molar-refractivity contribution < 1.29 is 19.1 Å². The molecule has 184 valence electrons. The molecular weight excluding hydrogens is 462 g/mol. The molecule has 3 aromatic rings. The highest BCUT2D eigenvalue weighted by Gasteiger charge is 2.46. The number of ketones is 2. The zero-order chi connectivity index (χ0) is 25.7. The van der Waals surface area contributed by atoms with Crippen LogP contribution in [0.25, 0.3) is 5.70 Å². The lowest BCUT2D eigenvalue weighted by Crippen LogP contribution is -2.37. The van der Waals surface area contributed by atoms with Crippen molar-refractivity contribution in [1.82, 2.24) is 5.32 Å². The number of ether oxygens (including phenoxy) is 1. The zero-order valence-corrected chi connectivity index (χ0v) is 20.8. The normalized spacial score (nSPS) is 19.7. The summed E-state index contributed by atoms with van der Waals surface area (Å²) < 4.78 is 5.56. The number of hydrogen-bond acceptors (Lipinski definition) is 5. The summed E-state index contributed by atoms with van der Waals surface area (Å²) >= 11 is 0. The van der Waals surface area contributed by atoms with E-state index in [1.165, 1.54) is 0 Å². The summed E-state index contributed by atoms with van der Waals surface area (Å²) in [6, 6.07) is 24.2. The first-order chi connectivity index (χ1) is 17.8. The molecule has 0 spiro atoms. The second-order valence-electron chi connectivity index (χ2n) is 10.8. The smallest absolute Gasteiger partial charge is 0.315 e. The number of esters is 1. The van der Waals surface area contributed by atoms with E-state index in [-0.39, 0.29) is 29.4 Å². The topological polar surface area (TPSA) is 72.5 Å². The van der Waals surface area contributed by atoms with Gasteiger partial charge in [0.15, 0.2) is 11.6 Å². The predicted octanol–water partition coefficient (Wildman–Crippen LogP) is 5.77. The van der Waals surface area contributed by atoms with Crippen molar-refractivity contribution in [2.45, 2.75) is 39.0 Å². The van der Waals surface area contributed by atoms with Crippen LogP contribution in [0.1, 0.15) is 59.7 Å². The lowest BCUT2D eigenvalue weighted by Gasteiger charge is -2.39. The van der Waals surface area contributed by atoms with Crippen LogP contribution in [-0.4, -0.2) is 17.5 Å². The van der Waals surface area contributed by atoms with Gasteiger partial charge in [0.05, 0.1) is 12.1 Å². The highest BCUT2D eigenvalue weighted by molar-refractivity contribution is 6.23. The van der Waals surface area contributed by atoms with Gasteiger partial charge in [0.1, 0.15) is 5.75 Å². The van der Waals surface area contributed by atoms with Gasteiger partial charge >= 0.3 is 5.97 Å². The van der Waals surface area contributed by atoms with Gasteiger partial charge in [-0.05, 0) is 35.1 Å². The van der Waals surface area contributed by atoms with Crippen molar-refractivity contribution in [2.75, 3.05) is 0 Å². The molecule has 0 radical (unpaired) electrons. The SMILES string of the molecule is CC1(C)CC(=O)C2=C(C1)NC1=C(C(=O)c3ccccc31)C2c1ccc(OC(=O)Cc2ccccc2)cc1. The van der Waals surface area contributed by atoms with E-state index >= 15 is 0 Å². The van der Waals surface area contributed by atoms with E-state index in [0.29, 0.717) is 28.9 Å². The third-order valence-electron chi connectivity index (χ3n) is 7.36. The Bertz CT molecular complexity index is 1510. The second kappa shape index (κ2) is 8.70. The quantitative estimate of drug-likeness (QED) is 0.372. The third kappa shape index (κ3) is 4.10. The molecule has 1 atom stereocenters. The predicted molar refractivity (Wildman–Crippen MR) is 141 cm³/mol. The molecule has 0 saturated carbocycles. The molecule has 0 bridgehead atoms. The van der Waals surface area contributed by atoms with E-state index < -0.39 is 5.92 Å². The number of carbonyl (C=O) groups excluding carboxylic acids is 3. The molecule has 37 heavy (non-hydrogen) atoms. The molecule has 0 amide bonds. The van der Waals surface area contributed by atoms with Crippen LogP contribution in [0.2, 0.25) is 0 Å². The Morgan fingerprint density at radius 2 is 1.54 bits per heavy atom. The minimum absolute atomic E-state index is 0.0503. The first-order valence-corrected chi connectivity index (χ1v) is 12.6. The molecule has 2 aliphatic carbocycles. The summed E-state index contributed by atoms with van der Waals surface area (Å²) in [5, 5.41) is 3.50. The highest BCUT2D eigenvalue weighted by atomic mass is 16.5. The molecule has 1 unspecified atom stereocenters. The molecule has 3 aliphatic rings. The first kappa shape index (κ1) is 23.2. The lowest BCUT2D eigenvalue weighted by molar-refractivity contribution is -0.133. The van der Waals surface area contributed by atoms with Gasteiger partial charge in [0, 0.05) is 40.3 Å². The maximum Gasteiger partial charge on any atom is 0.315 e. The Balaban J connectivity index is 1.35. The van der Waals surface area contributed by atoms with E-state index in [9.17, 15) is 14.4 Å². The van der Waals surface area contributed by atoms with Gasteiger partial charge in [-0.3, -0.25) is 14.4 Å². The van der Waals surface area contributed by atoms with Crippen molar-refractivity contribution in [1.29, 1.82) is 0 Å². The summed E-state index contributed by atoms with van der Waals surface area (Å²) in [4.78, 5) is 39.5. The molecule has 6 rings (SSSR count). The maximum absolute atomic E-state index is 13.6. The van der Waals surface area contributed by atoms with Crippen LogP contribution in [0.3, 0.4) is 0 Å². The van der Waals surface area contributed by atoms with Crippen LogP contribution in [-0.2, 0) is 16.0 Å². The van der Waals surface area contributed by atoms with Crippen molar-refractivity contribution in [3.05, 3.63) is 118 Å². The zero-order valence-electron chi connectivity index (χ0n) is 20.8. The van der Waals surface area contributed by atoms with Crippen molar-refractivity contribution in [3.63, 3.8) is 0 Å². The van der Waals surface area contributed by atoms with Crippen LogP contribution in [0.5, 0.6) is 5.75 Å². The number of carbonyl (C=O) groups is 3. The van der Waals surface area contributed by atoms with Gasteiger partial charge in [-0.1, -0.05) is 80.6 Å². The molecule has 1 N–H and O–H groups in total. The van der Waals surface area contributed by atoms with Crippen LogP contribution < -0.4 is 10.1 Å². The van der Waals surface area contributed by atoms with Gasteiger partial charge in [0.2, 0.25) is 0 Å². The fourth-order valence-electron chi connectivity index (χ4n) is 5.78. The Kier molecular flexibility index (Phi) is 5.45. The highest BCUT2D eigenvalue weighted by Crippen LogP contribution is 2.51. The van der Waals surface area contributed by atoms with E-state index in [2.05, 4.69) is 19.2 Å². The van der Waals surface area contributed by atoms with Crippen molar-refractivity contribution in [2.24, 2.45) is 5.41 Å². The third-order valence-corrected chi connectivity index (χ3v) is 7.36. The first-order valence-electron chi connectivity index (χ1n) is 12.6. The summed E-state index contributed by atoms with van der Waals surface area (Å²) in [6.45, 7) is 4.20. The molecule has 1 heterocycles. The molecule has 0 saturated heterocycles. The van der Waals surface area contributed by atoms with Crippen LogP contribution in [0.15, 0.2) is 95.7 Å². The molecule has 5 nitrogen and oxygen atoms in total. The standard InChI is InChI=1S/C32H27NO4/c1-32(2)17-24-28(25(34)18-32)27(29-30(33-24)22-10-6-7-11-23(22)31(29)36)20-12-14-21(15-13-20)37-26(35)16-19-8-4-3-5-9-19/h3-15,27,33H,16-18H2,1-2H3. The van der Waals surface area contributed by atoms with Gasteiger partial charge < -0.3 is 10.1 Å². The number of fused-ring (bicyclic) bond motifs is 2. The van der Waals surface area contributed by atoms with E-state index in [0.717, 1.165) is 34.5 Å². The van der Waals surface area contributed by atoms with Gasteiger partial charge in [-0.2, -0.15) is 0 Å². The largest absolute Gasteiger partial charge is 0.426 e. The number of nitrogens with one attached hydrogen (secondary N) is 1. The Morgan fingerprint density at radius 3 is 2.27 bits per heavy atom. The van der Waals surface area contributed by atoms with Crippen LogP contribution >= 0.6 is 0 Å². The van der Waals surface area contributed by atoms with Crippen LogP contribution in [0.4, 0.5) is 0 Å². The average molecular weight is 490 g/mol. The van der Waals surface area contributed by atoms with Crippen molar-refractivity contribution >= 4 is 23.2 Å². The summed E-state index contributed by atoms with van der Waals surface area (Å²) in [5.41, 5.74) is 6.07. The number of benzene rings is 3. The number of allylic oxidation sites excluding steroid dienone is 3. The monoisotopic (exact) mass is 489 g/mol.